The van der Waals surface area contributed by atoms with Gasteiger partial charge in [0.25, 0.3) is 0 Å². The van der Waals surface area contributed by atoms with Gasteiger partial charge >= 0.3 is 0 Å². The molecule has 0 aromatic heterocycles. The summed E-state index contributed by atoms with van der Waals surface area (Å²) in [5.74, 6) is 0.684. The molecule has 0 heterocycles. The second-order valence-corrected chi connectivity index (χ2v) is 5.89. The minimum atomic E-state index is 0.603. The second kappa shape index (κ2) is 8.43. The molecule has 2 atom stereocenters. The van der Waals surface area contributed by atoms with E-state index in [2.05, 4.69) is 36.5 Å². The molecule has 0 spiro atoms. The normalized spacial score (nSPS) is 19.6. The Morgan fingerprint density at radius 1 is 1.35 bits per heavy atom. The molecule has 2 rings (SSSR count). The van der Waals surface area contributed by atoms with Crippen molar-refractivity contribution >= 4 is 0 Å². The molecule has 1 aromatic rings. The van der Waals surface area contributed by atoms with Gasteiger partial charge in [0.2, 0.25) is 0 Å². The Morgan fingerprint density at radius 2 is 2.20 bits per heavy atom. The molecule has 1 N–H and O–H groups in total. The summed E-state index contributed by atoms with van der Waals surface area (Å²) in [4.78, 5) is 0. The van der Waals surface area contributed by atoms with Gasteiger partial charge < -0.3 is 10.1 Å². The van der Waals surface area contributed by atoms with Crippen molar-refractivity contribution in [1.82, 2.24) is 5.32 Å². The van der Waals surface area contributed by atoms with Crippen molar-refractivity contribution in [2.24, 2.45) is 0 Å². The molecule has 2 heteroatoms. The Hall–Kier alpha value is -0.860. The molecule has 0 bridgehead atoms. The van der Waals surface area contributed by atoms with E-state index in [9.17, 15) is 0 Å². The third kappa shape index (κ3) is 4.07. The summed E-state index contributed by atoms with van der Waals surface area (Å²) >= 11 is 0. The number of hydrogen-bond acceptors (Lipinski definition) is 2. The minimum Gasteiger partial charge on any atom is -0.385 e. The Morgan fingerprint density at radius 3 is 3.00 bits per heavy atom. The summed E-state index contributed by atoms with van der Waals surface area (Å²) in [5, 5.41) is 3.78. The maximum absolute atomic E-state index is 5.23. The smallest absolute Gasteiger partial charge is 0.0462 e. The zero-order chi connectivity index (χ0) is 14.2. The van der Waals surface area contributed by atoms with Crippen LogP contribution in [0.2, 0.25) is 0 Å². The monoisotopic (exact) mass is 275 g/mol. The van der Waals surface area contributed by atoms with E-state index in [4.69, 9.17) is 4.74 Å². The Bertz CT molecular complexity index is 391. The van der Waals surface area contributed by atoms with Crippen molar-refractivity contribution < 1.29 is 4.74 Å². The maximum Gasteiger partial charge on any atom is 0.0462 e. The average Bonchev–Trinajstić information content (AvgIpc) is 2.50. The van der Waals surface area contributed by atoms with E-state index >= 15 is 0 Å². The van der Waals surface area contributed by atoms with Crippen LogP contribution in [0.5, 0.6) is 0 Å². The molecule has 0 fully saturated rings. The van der Waals surface area contributed by atoms with E-state index < -0.39 is 0 Å². The number of methoxy groups -OCH3 is 1. The van der Waals surface area contributed by atoms with Gasteiger partial charge in [-0.1, -0.05) is 31.2 Å². The highest BCUT2D eigenvalue weighted by Crippen LogP contribution is 2.35. The molecule has 1 aliphatic rings. The Labute approximate surface area is 123 Å². The molecular weight excluding hydrogens is 246 g/mol. The summed E-state index contributed by atoms with van der Waals surface area (Å²) in [6.45, 7) is 4.24. The van der Waals surface area contributed by atoms with E-state index in [1.165, 1.54) is 32.1 Å². The van der Waals surface area contributed by atoms with Gasteiger partial charge in [-0.25, -0.2) is 0 Å². The van der Waals surface area contributed by atoms with Crippen LogP contribution in [0.1, 0.15) is 56.1 Å². The van der Waals surface area contributed by atoms with Gasteiger partial charge in [-0.2, -0.15) is 0 Å². The van der Waals surface area contributed by atoms with Crippen LogP contribution in [0, 0.1) is 0 Å². The zero-order valence-electron chi connectivity index (χ0n) is 13.0. The van der Waals surface area contributed by atoms with E-state index in [1.807, 2.05) is 0 Å². The first-order chi connectivity index (χ1) is 9.86. The summed E-state index contributed by atoms with van der Waals surface area (Å²) in [6.07, 6.45) is 7.48. The first-order valence-electron chi connectivity index (χ1n) is 8.17. The summed E-state index contributed by atoms with van der Waals surface area (Å²) in [5.41, 5.74) is 3.16. The van der Waals surface area contributed by atoms with E-state index in [-0.39, 0.29) is 0 Å². The molecule has 2 nitrogen and oxygen atoms in total. The number of hydrogen-bond donors (Lipinski definition) is 1. The maximum atomic E-state index is 5.23. The lowest BCUT2D eigenvalue weighted by Crippen LogP contribution is -2.37. The molecule has 0 amide bonds. The van der Waals surface area contributed by atoms with E-state index in [0.29, 0.717) is 12.0 Å². The van der Waals surface area contributed by atoms with Crippen LogP contribution in [-0.2, 0) is 11.2 Å². The Balaban J connectivity index is 2.07. The lowest BCUT2D eigenvalue weighted by atomic mass is 9.77. The quantitative estimate of drug-likeness (QED) is 0.727. The number of fused-ring (bicyclic) bond motifs is 1. The summed E-state index contributed by atoms with van der Waals surface area (Å²) in [6, 6.07) is 9.64. The number of benzene rings is 1. The fourth-order valence-corrected chi connectivity index (χ4v) is 3.43. The number of rotatable bonds is 8. The van der Waals surface area contributed by atoms with Crippen LogP contribution in [0.4, 0.5) is 0 Å². The lowest BCUT2D eigenvalue weighted by Gasteiger charge is -2.33. The van der Waals surface area contributed by atoms with Crippen LogP contribution >= 0.6 is 0 Å². The highest BCUT2D eigenvalue weighted by molar-refractivity contribution is 5.33. The number of nitrogens with one attached hydrogen (secondary N) is 1. The molecule has 0 aliphatic heterocycles. The molecule has 20 heavy (non-hydrogen) atoms. The molecule has 2 unspecified atom stereocenters. The first-order valence-corrected chi connectivity index (χ1v) is 8.17. The van der Waals surface area contributed by atoms with Gasteiger partial charge in [-0.3, -0.25) is 0 Å². The van der Waals surface area contributed by atoms with Crippen LogP contribution < -0.4 is 5.32 Å². The van der Waals surface area contributed by atoms with Crippen molar-refractivity contribution in [3.8, 4) is 0 Å². The lowest BCUT2D eigenvalue weighted by molar-refractivity contribution is 0.186. The summed E-state index contributed by atoms with van der Waals surface area (Å²) < 4.78 is 5.23. The van der Waals surface area contributed by atoms with Gasteiger partial charge in [0.05, 0.1) is 0 Å². The first kappa shape index (κ1) is 15.5. The molecule has 1 aliphatic carbocycles. The zero-order valence-corrected chi connectivity index (χ0v) is 13.0. The fraction of sp³-hybridized carbons (Fsp3) is 0.667. The largest absolute Gasteiger partial charge is 0.385 e. The third-order valence-electron chi connectivity index (χ3n) is 4.42. The van der Waals surface area contributed by atoms with Crippen molar-refractivity contribution in [2.75, 3.05) is 20.3 Å². The van der Waals surface area contributed by atoms with Gasteiger partial charge in [0.15, 0.2) is 0 Å². The van der Waals surface area contributed by atoms with Crippen molar-refractivity contribution in [1.29, 1.82) is 0 Å². The van der Waals surface area contributed by atoms with Crippen molar-refractivity contribution in [2.45, 2.75) is 57.4 Å². The molecule has 112 valence electrons. The van der Waals surface area contributed by atoms with Gasteiger partial charge in [-0.15, -0.1) is 0 Å². The predicted molar refractivity (Wildman–Crippen MR) is 85.3 cm³/mol. The number of ether oxygens (including phenoxy) is 1. The van der Waals surface area contributed by atoms with Crippen molar-refractivity contribution in [3.63, 3.8) is 0 Å². The third-order valence-corrected chi connectivity index (χ3v) is 4.42. The fourth-order valence-electron chi connectivity index (χ4n) is 3.43. The van der Waals surface area contributed by atoms with Crippen LogP contribution in [0.3, 0.4) is 0 Å². The highest BCUT2D eigenvalue weighted by atomic mass is 16.5. The van der Waals surface area contributed by atoms with E-state index in [0.717, 1.165) is 19.6 Å². The summed E-state index contributed by atoms with van der Waals surface area (Å²) in [7, 11) is 1.80. The predicted octanol–water partition coefficient (Wildman–Crippen LogP) is 3.90. The molecule has 1 aromatic carbocycles. The topological polar surface area (TPSA) is 21.3 Å². The molecule has 0 saturated carbocycles. The second-order valence-electron chi connectivity index (χ2n) is 5.89. The van der Waals surface area contributed by atoms with Crippen LogP contribution in [0.15, 0.2) is 24.3 Å². The van der Waals surface area contributed by atoms with E-state index in [1.54, 1.807) is 18.2 Å². The van der Waals surface area contributed by atoms with Gasteiger partial charge in [0.1, 0.15) is 0 Å². The molecule has 0 radical (unpaired) electrons. The highest BCUT2D eigenvalue weighted by Gasteiger charge is 2.26. The average molecular weight is 275 g/mol. The Kier molecular flexibility index (Phi) is 6.55. The SMILES string of the molecule is CCCNC(CCCOC)C1CCCc2ccccc21. The standard InChI is InChI=1S/C18H29NO/c1-3-13-19-18(12-7-14-20-2)17-11-6-9-15-8-4-5-10-16(15)17/h4-5,8,10,17-19H,3,6-7,9,11-14H2,1-2H3. The van der Waals surface area contributed by atoms with Gasteiger partial charge in [-0.05, 0) is 62.1 Å². The molecule has 0 saturated heterocycles. The van der Waals surface area contributed by atoms with Crippen LogP contribution in [-0.4, -0.2) is 26.3 Å². The van der Waals surface area contributed by atoms with Gasteiger partial charge in [0, 0.05) is 19.8 Å². The number of aryl methyl sites for hydroxylation is 1. The van der Waals surface area contributed by atoms with Crippen LogP contribution in [0.25, 0.3) is 0 Å². The molecular formula is C18H29NO. The van der Waals surface area contributed by atoms with Crippen molar-refractivity contribution in [3.05, 3.63) is 35.4 Å². The minimum absolute atomic E-state index is 0.603.